The first-order valence-corrected chi connectivity index (χ1v) is 8.46. The van der Waals surface area contributed by atoms with Crippen molar-refractivity contribution in [3.05, 3.63) is 57.7 Å². The molecule has 2 N–H and O–H groups in total. The van der Waals surface area contributed by atoms with Crippen molar-refractivity contribution < 1.29 is 9.32 Å². The molecule has 1 unspecified atom stereocenters. The second-order valence-electron chi connectivity index (χ2n) is 6.27. The van der Waals surface area contributed by atoms with Crippen molar-refractivity contribution in [1.29, 1.82) is 0 Å². The Balaban J connectivity index is 1.72. The molecule has 4 rings (SSSR count). The first kappa shape index (κ1) is 15.9. The summed E-state index contributed by atoms with van der Waals surface area (Å²) in [7, 11) is 0. The molecule has 0 saturated carbocycles. The van der Waals surface area contributed by atoms with Crippen LogP contribution in [0, 0.1) is 13.8 Å². The van der Waals surface area contributed by atoms with E-state index in [0.717, 1.165) is 22.5 Å². The second kappa shape index (κ2) is 6.04. The minimum absolute atomic E-state index is 0.153. The zero-order chi connectivity index (χ0) is 17.6. The Morgan fingerprint density at radius 2 is 2.00 bits per heavy atom. The Bertz CT molecular complexity index is 923. The summed E-state index contributed by atoms with van der Waals surface area (Å²) in [5.74, 6) is 1.28. The topological polar surface area (TPSA) is 83.8 Å². The summed E-state index contributed by atoms with van der Waals surface area (Å²) in [5.41, 5.74) is 3.95. The predicted octanol–water partition coefficient (Wildman–Crippen LogP) is 3.40. The highest BCUT2D eigenvalue weighted by Gasteiger charge is 2.27. The maximum absolute atomic E-state index is 12.4. The van der Waals surface area contributed by atoms with E-state index in [4.69, 9.17) is 16.1 Å². The summed E-state index contributed by atoms with van der Waals surface area (Å²) in [4.78, 5) is 20.2. The number of carbonyl (C=O) groups is 1. The van der Waals surface area contributed by atoms with Crippen molar-refractivity contribution in [3.8, 4) is 11.4 Å². The molecule has 6 nitrogen and oxygen atoms in total. The van der Waals surface area contributed by atoms with Crippen molar-refractivity contribution in [2.75, 3.05) is 6.54 Å². The first-order chi connectivity index (χ1) is 12.0. The molecule has 1 amide bonds. The van der Waals surface area contributed by atoms with Gasteiger partial charge in [0, 0.05) is 23.2 Å². The molecule has 1 aliphatic rings. The van der Waals surface area contributed by atoms with Gasteiger partial charge in [0.1, 0.15) is 17.3 Å². The van der Waals surface area contributed by atoms with Crippen LogP contribution in [0.2, 0.25) is 5.02 Å². The average Bonchev–Trinajstić information content (AvgIpc) is 3.11. The zero-order valence-electron chi connectivity index (χ0n) is 13.9. The molecule has 2 aromatic heterocycles. The average molecular weight is 357 g/mol. The number of aryl methyl sites for hydroxylation is 2. The van der Waals surface area contributed by atoms with Gasteiger partial charge < -0.3 is 14.8 Å². The lowest BCUT2D eigenvalue weighted by molar-refractivity contribution is 0.0950. The number of aromatic nitrogens is 3. The number of halogens is 1. The van der Waals surface area contributed by atoms with E-state index in [1.54, 1.807) is 0 Å². The fourth-order valence-corrected chi connectivity index (χ4v) is 3.40. The molecule has 3 aromatic rings. The van der Waals surface area contributed by atoms with E-state index in [1.165, 1.54) is 0 Å². The monoisotopic (exact) mass is 356 g/mol. The smallest absolute Gasteiger partial charge is 0.271 e. The molecular formula is C18H17ClN4O2. The standard InChI is InChI=1S/C18H17ClN4O2/c1-9-15(10(2)25-23-9)17-21-14-7-12(8-20-18(24)16(14)22-17)11-3-5-13(19)6-4-11/h3-6,12H,7-8H2,1-2H3,(H,20,24)(H,21,22). The van der Waals surface area contributed by atoms with Crippen LogP contribution in [-0.2, 0) is 6.42 Å². The maximum Gasteiger partial charge on any atom is 0.271 e. The van der Waals surface area contributed by atoms with Crippen molar-refractivity contribution in [2.24, 2.45) is 0 Å². The van der Waals surface area contributed by atoms with Gasteiger partial charge in [0.25, 0.3) is 5.91 Å². The maximum atomic E-state index is 12.4. The molecule has 128 valence electrons. The number of amides is 1. The van der Waals surface area contributed by atoms with E-state index in [0.29, 0.717) is 35.3 Å². The number of rotatable bonds is 2. The summed E-state index contributed by atoms with van der Waals surface area (Å²) in [6.45, 7) is 4.25. The van der Waals surface area contributed by atoms with E-state index in [1.807, 2.05) is 38.1 Å². The molecule has 0 fully saturated rings. The summed E-state index contributed by atoms with van der Waals surface area (Å²) in [6, 6.07) is 7.73. The number of imidazole rings is 1. The largest absolute Gasteiger partial charge is 0.361 e. The van der Waals surface area contributed by atoms with Gasteiger partial charge in [-0.15, -0.1) is 0 Å². The Labute approximate surface area is 149 Å². The Morgan fingerprint density at radius 3 is 2.68 bits per heavy atom. The van der Waals surface area contributed by atoms with E-state index in [-0.39, 0.29) is 11.8 Å². The highest BCUT2D eigenvalue weighted by atomic mass is 35.5. The first-order valence-electron chi connectivity index (χ1n) is 8.08. The van der Waals surface area contributed by atoms with Crippen LogP contribution < -0.4 is 5.32 Å². The van der Waals surface area contributed by atoms with Gasteiger partial charge in [0.05, 0.1) is 11.3 Å². The fraction of sp³-hybridized carbons (Fsp3) is 0.278. The Kier molecular flexibility index (Phi) is 3.84. The SMILES string of the molecule is Cc1noc(C)c1-c1nc2c([nH]1)CC(c1ccc(Cl)cc1)CNC2=O. The molecule has 1 aliphatic heterocycles. The third-order valence-corrected chi connectivity index (χ3v) is 4.82. The lowest BCUT2D eigenvalue weighted by Gasteiger charge is -2.14. The molecule has 25 heavy (non-hydrogen) atoms. The second-order valence-corrected chi connectivity index (χ2v) is 6.71. The van der Waals surface area contributed by atoms with Gasteiger partial charge in [0.2, 0.25) is 0 Å². The number of H-pyrrole nitrogens is 1. The third-order valence-electron chi connectivity index (χ3n) is 4.56. The lowest BCUT2D eigenvalue weighted by Crippen LogP contribution is -2.26. The normalized spacial score (nSPS) is 17.1. The van der Waals surface area contributed by atoms with Gasteiger partial charge in [-0.1, -0.05) is 28.9 Å². The van der Waals surface area contributed by atoms with Crippen LogP contribution in [0.1, 0.15) is 39.1 Å². The van der Waals surface area contributed by atoms with Gasteiger partial charge in [-0.05, 0) is 38.0 Å². The molecule has 1 aromatic carbocycles. The van der Waals surface area contributed by atoms with Crippen molar-refractivity contribution in [1.82, 2.24) is 20.4 Å². The Morgan fingerprint density at radius 1 is 1.24 bits per heavy atom. The molecule has 0 spiro atoms. The van der Waals surface area contributed by atoms with Crippen molar-refractivity contribution >= 4 is 17.5 Å². The molecule has 0 bridgehead atoms. The molecular weight excluding hydrogens is 340 g/mol. The van der Waals surface area contributed by atoms with E-state index >= 15 is 0 Å². The van der Waals surface area contributed by atoms with Crippen molar-refractivity contribution in [3.63, 3.8) is 0 Å². The minimum atomic E-state index is -0.166. The van der Waals surface area contributed by atoms with Gasteiger partial charge >= 0.3 is 0 Å². The number of benzene rings is 1. The van der Waals surface area contributed by atoms with Crippen LogP contribution in [0.3, 0.4) is 0 Å². The van der Waals surface area contributed by atoms with E-state index in [9.17, 15) is 4.79 Å². The van der Waals surface area contributed by atoms with Crippen LogP contribution in [-0.4, -0.2) is 27.6 Å². The lowest BCUT2D eigenvalue weighted by atomic mass is 9.94. The molecule has 3 heterocycles. The third kappa shape index (κ3) is 2.82. The summed E-state index contributed by atoms with van der Waals surface area (Å²) < 4.78 is 5.21. The summed E-state index contributed by atoms with van der Waals surface area (Å²) in [5, 5.41) is 7.62. The Hall–Kier alpha value is -2.60. The fourth-order valence-electron chi connectivity index (χ4n) is 3.27. The highest BCUT2D eigenvalue weighted by Crippen LogP contribution is 2.29. The molecule has 7 heteroatoms. The molecule has 0 radical (unpaired) electrons. The van der Waals surface area contributed by atoms with Crippen molar-refractivity contribution in [2.45, 2.75) is 26.2 Å². The zero-order valence-corrected chi connectivity index (χ0v) is 14.6. The van der Waals surface area contributed by atoms with Crippen LogP contribution >= 0.6 is 11.6 Å². The van der Waals surface area contributed by atoms with E-state index < -0.39 is 0 Å². The number of aromatic amines is 1. The van der Waals surface area contributed by atoms with Crippen LogP contribution in [0.5, 0.6) is 0 Å². The molecule has 0 aliphatic carbocycles. The highest BCUT2D eigenvalue weighted by molar-refractivity contribution is 6.30. The van der Waals surface area contributed by atoms with E-state index in [2.05, 4.69) is 20.4 Å². The van der Waals surface area contributed by atoms with Crippen LogP contribution in [0.4, 0.5) is 0 Å². The van der Waals surface area contributed by atoms with Crippen LogP contribution in [0.25, 0.3) is 11.4 Å². The van der Waals surface area contributed by atoms with Crippen LogP contribution in [0.15, 0.2) is 28.8 Å². The predicted molar refractivity (Wildman–Crippen MR) is 93.8 cm³/mol. The van der Waals surface area contributed by atoms with Gasteiger partial charge in [-0.2, -0.15) is 0 Å². The number of nitrogens with zero attached hydrogens (tertiary/aromatic N) is 2. The summed E-state index contributed by atoms with van der Waals surface area (Å²) in [6.07, 6.45) is 0.687. The number of fused-ring (bicyclic) bond motifs is 1. The summed E-state index contributed by atoms with van der Waals surface area (Å²) >= 11 is 5.98. The molecule has 0 saturated heterocycles. The number of carbonyl (C=O) groups excluding carboxylic acids is 1. The molecule has 1 atom stereocenters. The van der Waals surface area contributed by atoms with Gasteiger partial charge in [0.15, 0.2) is 0 Å². The number of hydrogen-bond donors (Lipinski definition) is 2. The number of nitrogens with one attached hydrogen (secondary N) is 2. The van der Waals surface area contributed by atoms with Gasteiger partial charge in [-0.3, -0.25) is 4.79 Å². The number of hydrogen-bond acceptors (Lipinski definition) is 4. The quantitative estimate of drug-likeness (QED) is 0.737. The van der Waals surface area contributed by atoms with Gasteiger partial charge in [-0.25, -0.2) is 4.98 Å². The minimum Gasteiger partial charge on any atom is -0.361 e.